The van der Waals surface area contributed by atoms with Gasteiger partial charge in [0.1, 0.15) is 11.9 Å². The van der Waals surface area contributed by atoms with E-state index in [1.54, 1.807) is 0 Å². The van der Waals surface area contributed by atoms with Gasteiger partial charge in [-0.05, 0) is 37.9 Å². The molecule has 4 heteroatoms. The van der Waals surface area contributed by atoms with Gasteiger partial charge >= 0.3 is 5.97 Å². The third-order valence-electron chi connectivity index (χ3n) is 3.63. The molecule has 1 aliphatic rings. The first-order chi connectivity index (χ1) is 10.3. The minimum Gasteiger partial charge on any atom is -0.488 e. The van der Waals surface area contributed by atoms with E-state index in [1.807, 2.05) is 19.1 Å². The van der Waals surface area contributed by atoms with E-state index in [-0.39, 0.29) is 12.1 Å². The summed E-state index contributed by atoms with van der Waals surface area (Å²) in [4.78, 5) is 11.2. The maximum Gasteiger partial charge on any atom is 0.305 e. The molecular weight excluding hydrogens is 266 g/mol. The van der Waals surface area contributed by atoms with Crippen molar-refractivity contribution in [2.45, 2.75) is 45.1 Å². The van der Waals surface area contributed by atoms with E-state index in [1.165, 1.54) is 5.56 Å². The van der Waals surface area contributed by atoms with Crippen molar-refractivity contribution in [3.63, 3.8) is 0 Å². The predicted octanol–water partition coefficient (Wildman–Crippen LogP) is 2.70. The number of ether oxygens (including phenoxy) is 2. The van der Waals surface area contributed by atoms with Crippen LogP contribution in [0.4, 0.5) is 0 Å². The van der Waals surface area contributed by atoms with Gasteiger partial charge in [-0.25, -0.2) is 0 Å². The van der Waals surface area contributed by atoms with Crippen molar-refractivity contribution in [2.24, 2.45) is 0 Å². The van der Waals surface area contributed by atoms with Crippen LogP contribution in [0.2, 0.25) is 0 Å². The molecule has 1 heterocycles. The number of esters is 1. The van der Waals surface area contributed by atoms with E-state index in [9.17, 15) is 4.79 Å². The largest absolute Gasteiger partial charge is 0.488 e. The maximum absolute atomic E-state index is 11.2. The molecule has 1 unspecified atom stereocenters. The molecule has 1 atom stereocenters. The summed E-state index contributed by atoms with van der Waals surface area (Å²) in [7, 11) is 0. The van der Waals surface area contributed by atoms with Crippen molar-refractivity contribution >= 4 is 5.97 Å². The first-order valence-electron chi connectivity index (χ1n) is 7.90. The Morgan fingerprint density at radius 1 is 1.33 bits per heavy atom. The number of hydrogen-bond donors (Lipinski definition) is 1. The third-order valence-corrected chi connectivity index (χ3v) is 3.63. The van der Waals surface area contributed by atoms with E-state index in [4.69, 9.17) is 9.47 Å². The normalized spacial score (nSPS) is 16.3. The highest BCUT2D eigenvalue weighted by atomic mass is 16.5. The van der Waals surface area contributed by atoms with Gasteiger partial charge in [-0.1, -0.05) is 24.6 Å². The van der Waals surface area contributed by atoms with Crippen molar-refractivity contribution in [1.82, 2.24) is 5.32 Å². The lowest BCUT2D eigenvalue weighted by atomic mass is 10.1. The zero-order chi connectivity index (χ0) is 14.9. The Balaban J connectivity index is 1.47. The maximum atomic E-state index is 11.2. The molecule has 0 aromatic heterocycles. The molecule has 116 valence electrons. The molecule has 0 radical (unpaired) electrons. The lowest BCUT2D eigenvalue weighted by Gasteiger charge is -2.11. The van der Waals surface area contributed by atoms with Crippen LogP contribution in [-0.4, -0.2) is 31.8 Å². The number of benzene rings is 1. The molecule has 0 saturated heterocycles. The second-order valence-electron chi connectivity index (χ2n) is 5.37. The Morgan fingerprint density at radius 3 is 3.00 bits per heavy atom. The summed E-state index contributed by atoms with van der Waals surface area (Å²) >= 11 is 0. The van der Waals surface area contributed by atoms with Crippen LogP contribution in [0, 0.1) is 0 Å². The number of fused-ring (bicyclic) bond motifs is 1. The van der Waals surface area contributed by atoms with Gasteiger partial charge in [0.15, 0.2) is 0 Å². The minimum absolute atomic E-state index is 0.0809. The highest BCUT2D eigenvalue weighted by Gasteiger charge is 2.21. The fraction of sp³-hybridized carbons (Fsp3) is 0.588. The molecule has 0 bridgehead atoms. The van der Waals surface area contributed by atoms with E-state index >= 15 is 0 Å². The first kappa shape index (κ1) is 15.8. The van der Waals surface area contributed by atoms with Gasteiger partial charge in [-0.3, -0.25) is 4.79 Å². The predicted molar refractivity (Wildman–Crippen MR) is 82.5 cm³/mol. The van der Waals surface area contributed by atoms with Crippen LogP contribution in [0.5, 0.6) is 5.75 Å². The number of hydrogen-bond acceptors (Lipinski definition) is 4. The molecule has 0 aliphatic carbocycles. The number of para-hydroxylation sites is 1. The van der Waals surface area contributed by atoms with Crippen molar-refractivity contribution in [2.75, 3.05) is 19.7 Å². The Bertz CT molecular complexity index is 422. The molecule has 1 N–H and O–H groups in total. The van der Waals surface area contributed by atoms with Crippen LogP contribution in [-0.2, 0) is 16.0 Å². The quantitative estimate of drug-likeness (QED) is 0.561. The standard InChI is InChI=1S/C17H25NO3/c1-2-20-17(19)10-4-3-7-11-18-13-15-12-14-8-5-6-9-16(14)21-15/h5-6,8-9,15,18H,2-4,7,10-13H2,1H3. The van der Waals surface area contributed by atoms with Gasteiger partial charge in [0.05, 0.1) is 6.61 Å². The Morgan fingerprint density at radius 2 is 2.19 bits per heavy atom. The Labute approximate surface area is 126 Å². The van der Waals surface area contributed by atoms with Crippen LogP contribution in [0.25, 0.3) is 0 Å². The molecular formula is C17H25NO3. The number of nitrogens with one attached hydrogen (secondary N) is 1. The lowest BCUT2D eigenvalue weighted by molar-refractivity contribution is -0.143. The van der Waals surface area contributed by atoms with Crippen molar-refractivity contribution < 1.29 is 14.3 Å². The van der Waals surface area contributed by atoms with Crippen molar-refractivity contribution in [3.8, 4) is 5.75 Å². The molecule has 1 aliphatic heterocycles. The molecule has 0 saturated carbocycles. The summed E-state index contributed by atoms with van der Waals surface area (Å²) in [6.07, 6.45) is 4.82. The zero-order valence-corrected chi connectivity index (χ0v) is 12.8. The molecule has 0 fully saturated rings. The minimum atomic E-state index is -0.0809. The fourth-order valence-corrected chi connectivity index (χ4v) is 2.56. The van der Waals surface area contributed by atoms with E-state index in [0.717, 1.165) is 44.5 Å². The van der Waals surface area contributed by atoms with Crippen LogP contribution >= 0.6 is 0 Å². The molecule has 1 aromatic carbocycles. The van der Waals surface area contributed by atoms with Gasteiger partial charge in [0.2, 0.25) is 0 Å². The summed E-state index contributed by atoms with van der Waals surface area (Å²) in [5.74, 6) is 0.946. The monoisotopic (exact) mass is 291 g/mol. The summed E-state index contributed by atoms with van der Waals surface area (Å²) < 4.78 is 10.8. The van der Waals surface area contributed by atoms with Crippen LogP contribution in [0.15, 0.2) is 24.3 Å². The fourth-order valence-electron chi connectivity index (χ4n) is 2.56. The molecule has 1 aromatic rings. The smallest absolute Gasteiger partial charge is 0.305 e. The van der Waals surface area contributed by atoms with Gasteiger partial charge in [-0.2, -0.15) is 0 Å². The number of rotatable bonds is 9. The highest BCUT2D eigenvalue weighted by molar-refractivity contribution is 5.69. The van der Waals surface area contributed by atoms with Gasteiger partial charge < -0.3 is 14.8 Å². The second-order valence-corrected chi connectivity index (χ2v) is 5.37. The summed E-state index contributed by atoms with van der Waals surface area (Å²) in [6, 6.07) is 8.23. The zero-order valence-electron chi connectivity index (χ0n) is 12.8. The van der Waals surface area contributed by atoms with E-state index in [2.05, 4.69) is 17.4 Å². The molecule has 0 amide bonds. The first-order valence-corrected chi connectivity index (χ1v) is 7.90. The number of carbonyl (C=O) groups excluding carboxylic acids is 1. The van der Waals surface area contributed by atoms with Gasteiger partial charge in [0.25, 0.3) is 0 Å². The molecule has 2 rings (SSSR count). The average molecular weight is 291 g/mol. The number of carbonyl (C=O) groups is 1. The molecule has 21 heavy (non-hydrogen) atoms. The van der Waals surface area contributed by atoms with Crippen molar-refractivity contribution in [3.05, 3.63) is 29.8 Å². The lowest BCUT2D eigenvalue weighted by Crippen LogP contribution is -2.30. The van der Waals surface area contributed by atoms with Crippen LogP contribution in [0.3, 0.4) is 0 Å². The summed E-state index contributed by atoms with van der Waals surface area (Å²) in [6.45, 7) is 4.17. The Kier molecular flexibility index (Phi) is 6.54. The second kappa shape index (κ2) is 8.67. The SMILES string of the molecule is CCOC(=O)CCCCCNCC1Cc2ccccc2O1. The summed E-state index contributed by atoms with van der Waals surface area (Å²) in [5.41, 5.74) is 1.30. The topological polar surface area (TPSA) is 47.6 Å². The summed E-state index contributed by atoms with van der Waals surface area (Å²) in [5, 5.41) is 3.43. The van der Waals surface area contributed by atoms with Crippen molar-refractivity contribution in [1.29, 1.82) is 0 Å². The van der Waals surface area contributed by atoms with Crippen LogP contribution in [0.1, 0.15) is 38.2 Å². The van der Waals surface area contributed by atoms with Gasteiger partial charge in [-0.15, -0.1) is 0 Å². The van der Waals surface area contributed by atoms with Gasteiger partial charge in [0, 0.05) is 19.4 Å². The highest BCUT2D eigenvalue weighted by Crippen LogP contribution is 2.27. The van der Waals surface area contributed by atoms with E-state index in [0.29, 0.717) is 13.0 Å². The average Bonchev–Trinajstić information content (AvgIpc) is 2.89. The van der Waals surface area contributed by atoms with Crippen LogP contribution < -0.4 is 10.1 Å². The molecule has 4 nitrogen and oxygen atoms in total. The third kappa shape index (κ3) is 5.38. The number of unbranched alkanes of at least 4 members (excludes halogenated alkanes) is 2. The van der Waals surface area contributed by atoms with E-state index < -0.39 is 0 Å². The molecule has 0 spiro atoms. The Hall–Kier alpha value is -1.55.